The van der Waals surface area contributed by atoms with Crippen molar-refractivity contribution in [1.29, 1.82) is 0 Å². The second-order valence-electron chi connectivity index (χ2n) is 4.71. The van der Waals surface area contributed by atoms with Gasteiger partial charge in [0.2, 0.25) is 0 Å². The molecule has 0 bridgehead atoms. The van der Waals surface area contributed by atoms with Crippen molar-refractivity contribution in [3.8, 4) is 0 Å². The summed E-state index contributed by atoms with van der Waals surface area (Å²) in [6, 6.07) is 17.6. The summed E-state index contributed by atoms with van der Waals surface area (Å²) < 4.78 is 5.70. The minimum absolute atomic E-state index is 0.0811. The first-order chi connectivity index (χ1) is 9.65. The van der Waals surface area contributed by atoms with Gasteiger partial charge in [-0.15, -0.1) is 0 Å². The minimum atomic E-state index is 0.0811. The van der Waals surface area contributed by atoms with Crippen LogP contribution in [0.5, 0.6) is 0 Å². The molecule has 2 aromatic rings. The van der Waals surface area contributed by atoms with Gasteiger partial charge in [-0.1, -0.05) is 54.6 Å². The molecular formula is C18H18O2. The maximum absolute atomic E-state index is 11.2. The van der Waals surface area contributed by atoms with Crippen LogP contribution in [0.4, 0.5) is 0 Å². The Balaban J connectivity index is 1.97. The minimum Gasteiger partial charge on any atom is -0.494 e. The molecule has 2 aromatic carbocycles. The molecule has 20 heavy (non-hydrogen) atoms. The average Bonchev–Trinajstić information content (AvgIpc) is 2.47. The predicted octanol–water partition coefficient (Wildman–Crippen LogP) is 4.47. The first kappa shape index (κ1) is 14.1. The molecule has 0 unspecified atom stereocenters. The van der Waals surface area contributed by atoms with Crippen LogP contribution < -0.4 is 0 Å². The molecule has 0 saturated heterocycles. The van der Waals surface area contributed by atoms with Crippen molar-refractivity contribution in [2.24, 2.45) is 0 Å². The maximum Gasteiger partial charge on any atom is 0.159 e. The number of Topliss-reactive ketones (excluding diaryl/α,β-unsaturated/α-hetero) is 1. The molecule has 0 aromatic heterocycles. The van der Waals surface area contributed by atoms with E-state index in [4.69, 9.17) is 4.74 Å². The van der Waals surface area contributed by atoms with Crippen LogP contribution in [0.25, 0.3) is 6.08 Å². The molecule has 0 spiro atoms. The van der Waals surface area contributed by atoms with Crippen molar-refractivity contribution in [3.63, 3.8) is 0 Å². The highest BCUT2D eigenvalue weighted by Crippen LogP contribution is 2.12. The van der Waals surface area contributed by atoms with E-state index in [2.05, 4.69) is 0 Å². The number of carbonyl (C=O) groups is 1. The van der Waals surface area contributed by atoms with Crippen molar-refractivity contribution in [2.45, 2.75) is 20.5 Å². The molecular weight excluding hydrogens is 248 g/mol. The predicted molar refractivity (Wildman–Crippen MR) is 81.3 cm³/mol. The summed E-state index contributed by atoms with van der Waals surface area (Å²) in [4.78, 5) is 11.2. The molecule has 2 rings (SSSR count). The van der Waals surface area contributed by atoms with Gasteiger partial charge in [0.25, 0.3) is 0 Å². The number of ether oxygens (including phenoxy) is 1. The summed E-state index contributed by atoms with van der Waals surface area (Å²) in [7, 11) is 0. The van der Waals surface area contributed by atoms with Gasteiger partial charge in [-0.2, -0.15) is 0 Å². The van der Waals surface area contributed by atoms with Crippen LogP contribution >= 0.6 is 0 Å². The Kier molecular flexibility index (Phi) is 4.72. The van der Waals surface area contributed by atoms with E-state index in [1.54, 1.807) is 6.92 Å². The van der Waals surface area contributed by atoms with Gasteiger partial charge in [-0.25, -0.2) is 0 Å². The van der Waals surface area contributed by atoms with Crippen LogP contribution in [0, 0.1) is 0 Å². The molecule has 0 amide bonds. The van der Waals surface area contributed by atoms with E-state index in [9.17, 15) is 4.79 Å². The van der Waals surface area contributed by atoms with Crippen LogP contribution in [-0.4, -0.2) is 5.78 Å². The lowest BCUT2D eigenvalue weighted by molar-refractivity contribution is 0.101. The summed E-state index contributed by atoms with van der Waals surface area (Å²) in [6.45, 7) is 4.07. The molecule has 2 heteroatoms. The second-order valence-corrected chi connectivity index (χ2v) is 4.71. The van der Waals surface area contributed by atoms with Gasteiger partial charge in [0.1, 0.15) is 6.61 Å². The van der Waals surface area contributed by atoms with Gasteiger partial charge in [0, 0.05) is 5.56 Å². The molecule has 102 valence electrons. The summed E-state index contributed by atoms with van der Waals surface area (Å²) in [6.07, 6.45) is 1.97. The van der Waals surface area contributed by atoms with E-state index >= 15 is 0 Å². The smallest absolute Gasteiger partial charge is 0.159 e. The van der Waals surface area contributed by atoms with E-state index in [-0.39, 0.29) is 5.78 Å². The molecule has 0 aliphatic heterocycles. The number of ketones is 1. The Morgan fingerprint density at radius 3 is 2.25 bits per heavy atom. The lowest BCUT2D eigenvalue weighted by Gasteiger charge is -2.06. The van der Waals surface area contributed by atoms with E-state index in [0.717, 1.165) is 22.4 Å². The third kappa shape index (κ3) is 4.09. The standard InChI is InChI=1S/C18H18O2/c1-14(20-13-17-6-4-3-5-7-17)12-16-8-10-18(11-9-16)15(2)19/h3-12H,13H2,1-2H3/b14-12+. The molecule has 0 fully saturated rings. The molecule has 0 saturated carbocycles. The van der Waals surface area contributed by atoms with Gasteiger partial charge in [0.15, 0.2) is 5.78 Å². The summed E-state index contributed by atoms with van der Waals surface area (Å²) >= 11 is 0. The molecule has 0 radical (unpaired) electrons. The highest BCUT2D eigenvalue weighted by atomic mass is 16.5. The third-order valence-corrected chi connectivity index (χ3v) is 3.00. The first-order valence-electron chi connectivity index (χ1n) is 6.61. The zero-order chi connectivity index (χ0) is 14.4. The fourth-order valence-corrected chi connectivity index (χ4v) is 1.86. The van der Waals surface area contributed by atoms with Gasteiger partial charge in [-0.3, -0.25) is 4.79 Å². The molecule has 0 atom stereocenters. The number of hydrogen-bond donors (Lipinski definition) is 0. The zero-order valence-corrected chi connectivity index (χ0v) is 11.8. The topological polar surface area (TPSA) is 26.3 Å². The SMILES string of the molecule is CC(=O)c1ccc(/C=C(\C)OCc2ccccc2)cc1. The van der Waals surface area contributed by atoms with E-state index in [0.29, 0.717) is 6.61 Å². The van der Waals surface area contributed by atoms with Crippen molar-refractivity contribution in [1.82, 2.24) is 0 Å². The summed E-state index contributed by atoms with van der Waals surface area (Å²) in [5.41, 5.74) is 2.90. The second kappa shape index (κ2) is 6.71. The van der Waals surface area contributed by atoms with Gasteiger partial charge < -0.3 is 4.74 Å². The molecule has 0 aliphatic carbocycles. The van der Waals surface area contributed by atoms with E-state index < -0.39 is 0 Å². The fraction of sp³-hybridized carbons (Fsp3) is 0.167. The number of carbonyl (C=O) groups excluding carboxylic acids is 1. The van der Waals surface area contributed by atoms with E-state index in [1.807, 2.05) is 67.6 Å². The van der Waals surface area contributed by atoms with Gasteiger partial charge in [-0.05, 0) is 31.1 Å². The third-order valence-electron chi connectivity index (χ3n) is 3.00. The van der Waals surface area contributed by atoms with Crippen LogP contribution in [0.2, 0.25) is 0 Å². The van der Waals surface area contributed by atoms with Crippen molar-refractivity contribution in [3.05, 3.63) is 77.0 Å². The van der Waals surface area contributed by atoms with Crippen molar-refractivity contribution in [2.75, 3.05) is 0 Å². The lowest BCUT2D eigenvalue weighted by atomic mass is 10.1. The Morgan fingerprint density at radius 1 is 1.00 bits per heavy atom. The Hall–Kier alpha value is -2.35. The fourth-order valence-electron chi connectivity index (χ4n) is 1.86. The average molecular weight is 266 g/mol. The van der Waals surface area contributed by atoms with Crippen molar-refractivity contribution < 1.29 is 9.53 Å². The first-order valence-corrected chi connectivity index (χ1v) is 6.61. The number of rotatable bonds is 5. The van der Waals surface area contributed by atoms with Crippen LogP contribution in [0.3, 0.4) is 0 Å². The largest absolute Gasteiger partial charge is 0.494 e. The summed E-state index contributed by atoms with van der Waals surface area (Å²) in [5.74, 6) is 0.932. The molecule has 0 aliphatic rings. The number of allylic oxidation sites excluding steroid dienone is 1. The highest BCUT2D eigenvalue weighted by Gasteiger charge is 1.99. The maximum atomic E-state index is 11.2. The lowest BCUT2D eigenvalue weighted by Crippen LogP contribution is -1.92. The zero-order valence-electron chi connectivity index (χ0n) is 11.8. The van der Waals surface area contributed by atoms with Crippen LogP contribution in [-0.2, 0) is 11.3 Å². The van der Waals surface area contributed by atoms with Crippen molar-refractivity contribution >= 4 is 11.9 Å². The molecule has 2 nitrogen and oxygen atoms in total. The molecule has 0 N–H and O–H groups in total. The van der Waals surface area contributed by atoms with Crippen LogP contribution in [0.1, 0.15) is 35.3 Å². The van der Waals surface area contributed by atoms with Gasteiger partial charge in [0.05, 0.1) is 5.76 Å². The monoisotopic (exact) mass is 266 g/mol. The molecule has 0 heterocycles. The summed E-state index contributed by atoms with van der Waals surface area (Å²) in [5, 5.41) is 0. The highest BCUT2D eigenvalue weighted by molar-refractivity contribution is 5.94. The Morgan fingerprint density at radius 2 is 1.65 bits per heavy atom. The van der Waals surface area contributed by atoms with E-state index in [1.165, 1.54) is 0 Å². The normalized spacial score (nSPS) is 11.2. The number of hydrogen-bond acceptors (Lipinski definition) is 2. The van der Waals surface area contributed by atoms with Gasteiger partial charge >= 0.3 is 0 Å². The number of benzene rings is 2. The Bertz CT molecular complexity index is 595. The quantitative estimate of drug-likeness (QED) is 0.589. The Labute approximate surface area is 119 Å². The van der Waals surface area contributed by atoms with Crippen LogP contribution in [0.15, 0.2) is 60.4 Å².